The largest absolute Gasteiger partial charge is 0.480 e. The number of nitrogens with two attached hydrogens (primary N) is 2. The zero-order chi connectivity index (χ0) is 27.1. The van der Waals surface area contributed by atoms with E-state index in [0.29, 0.717) is 0 Å². The van der Waals surface area contributed by atoms with Gasteiger partial charge in [0.15, 0.2) is 0 Å². The molecule has 0 spiro atoms. The Balaban J connectivity index is 0.00000507. The van der Waals surface area contributed by atoms with Crippen LogP contribution in [0.2, 0.25) is 0 Å². The number of halogens is 1. The van der Waals surface area contributed by atoms with Crippen LogP contribution in [0.3, 0.4) is 0 Å². The highest BCUT2D eigenvalue weighted by Crippen LogP contribution is 2.50. The molecule has 3 aromatic carbocycles. The van der Waals surface area contributed by atoms with Crippen molar-refractivity contribution < 1.29 is 19.4 Å². The van der Waals surface area contributed by atoms with Gasteiger partial charge in [-0.15, -0.1) is 12.4 Å². The van der Waals surface area contributed by atoms with Gasteiger partial charge >= 0.3 is 11.9 Å². The number of carboxylic acid groups (broad SMARTS) is 1. The summed E-state index contributed by atoms with van der Waals surface area (Å²) in [5, 5.41) is 9.51. The second kappa shape index (κ2) is 14.1. The summed E-state index contributed by atoms with van der Waals surface area (Å²) in [6.45, 7) is 5.42. The minimum absolute atomic E-state index is 0. The average Bonchev–Trinajstić information content (AvgIpc) is 2.88. The molecular weight excluding hydrogens is 540 g/mol. The van der Waals surface area contributed by atoms with Crippen LogP contribution < -0.4 is 11.5 Å². The number of carbonyl (C=O) groups excluding carboxylic acids is 1. The van der Waals surface area contributed by atoms with Crippen molar-refractivity contribution in [2.75, 3.05) is 11.5 Å². The zero-order valence-electron chi connectivity index (χ0n) is 21.8. The number of ether oxygens (including phenoxy) is 1. The Kier molecular flexibility index (Phi) is 11.7. The summed E-state index contributed by atoms with van der Waals surface area (Å²) >= 11 is 0. The summed E-state index contributed by atoms with van der Waals surface area (Å²) in [5.41, 5.74) is 14.8. The lowest BCUT2D eigenvalue weighted by molar-refractivity contribution is -0.155. The second-order valence-corrected chi connectivity index (χ2v) is 13.8. The maximum absolute atomic E-state index is 13.0. The number of hydrogen-bond acceptors (Lipinski definition) is 6. The molecule has 5 N–H and O–H groups in total. The summed E-state index contributed by atoms with van der Waals surface area (Å²) < 4.78 is 4.88. The fourth-order valence-corrected chi connectivity index (χ4v) is 9.70. The van der Waals surface area contributed by atoms with Gasteiger partial charge < -0.3 is 21.3 Å². The van der Waals surface area contributed by atoms with Crippen LogP contribution in [0.15, 0.2) is 91.0 Å². The van der Waals surface area contributed by atoms with Crippen molar-refractivity contribution in [1.29, 1.82) is 0 Å². The predicted molar refractivity (Wildman–Crippen MR) is 161 cm³/mol. The highest BCUT2D eigenvalue weighted by Gasteiger charge is 2.55. The second-order valence-electron chi connectivity index (χ2n) is 9.66. The van der Waals surface area contributed by atoms with Crippen molar-refractivity contribution in [1.82, 2.24) is 0 Å². The van der Waals surface area contributed by atoms with Crippen molar-refractivity contribution in [3.05, 3.63) is 108 Å². The van der Waals surface area contributed by atoms with Crippen LogP contribution in [0.4, 0.5) is 0 Å². The van der Waals surface area contributed by atoms with Crippen LogP contribution in [0.5, 0.6) is 0 Å². The molecule has 3 rings (SSSR count). The summed E-state index contributed by atoms with van der Waals surface area (Å²) in [4.78, 5) is 24.6. The van der Waals surface area contributed by atoms with Gasteiger partial charge in [0.05, 0.1) is 26.5 Å². The molecule has 0 amide bonds. The van der Waals surface area contributed by atoms with Crippen LogP contribution in [-0.4, -0.2) is 46.2 Å². The van der Waals surface area contributed by atoms with Gasteiger partial charge in [0, 0.05) is 16.7 Å². The van der Waals surface area contributed by atoms with Gasteiger partial charge in [0.25, 0.3) is 0 Å². The van der Waals surface area contributed by atoms with Gasteiger partial charge in [-0.2, -0.15) is 0 Å². The summed E-state index contributed by atoms with van der Waals surface area (Å²) in [7, 11) is 0.705. The molecule has 0 saturated heterocycles. The van der Waals surface area contributed by atoms with Crippen LogP contribution in [0, 0.1) is 0 Å². The first kappa shape index (κ1) is 31.7. The molecule has 1 unspecified atom stereocenters. The number of rotatable bonds is 11. The molecule has 6 nitrogen and oxygen atoms in total. The van der Waals surface area contributed by atoms with Crippen molar-refractivity contribution in [2.24, 2.45) is 11.5 Å². The SMILES string of the molecule is CC(C)(C)OC(=O)[C@@H](N)C[S+](SC[C@H](N)C(=O)O)C(c1ccccc1)(c1ccccc1)c1ccccc1.Cl. The highest BCUT2D eigenvalue weighted by molar-refractivity contribution is 8.74. The highest BCUT2D eigenvalue weighted by atomic mass is 35.5. The molecule has 0 radical (unpaired) electrons. The van der Waals surface area contributed by atoms with Crippen LogP contribution in [-0.2, 0) is 29.0 Å². The van der Waals surface area contributed by atoms with Crippen LogP contribution in [0.1, 0.15) is 37.5 Å². The maximum atomic E-state index is 13.0. The smallest absolute Gasteiger partial charge is 0.328 e. The molecule has 204 valence electrons. The molecule has 0 aliphatic heterocycles. The molecule has 9 heteroatoms. The first-order chi connectivity index (χ1) is 17.6. The summed E-state index contributed by atoms with van der Waals surface area (Å²) in [6.07, 6.45) is 0. The monoisotopic (exact) mass is 575 g/mol. The van der Waals surface area contributed by atoms with Gasteiger partial charge in [-0.1, -0.05) is 91.0 Å². The molecule has 0 heterocycles. The number of carbonyl (C=O) groups is 2. The molecule has 0 bridgehead atoms. The average molecular weight is 576 g/mol. The Morgan fingerprint density at radius 1 is 0.816 bits per heavy atom. The van der Waals surface area contributed by atoms with E-state index in [1.54, 1.807) is 20.8 Å². The first-order valence-corrected chi connectivity index (χ1v) is 14.9. The Morgan fingerprint density at radius 3 is 1.55 bits per heavy atom. The zero-order valence-corrected chi connectivity index (χ0v) is 24.2. The van der Waals surface area contributed by atoms with Crippen LogP contribution in [0.25, 0.3) is 0 Å². The lowest BCUT2D eigenvalue weighted by atomic mass is 9.84. The fourth-order valence-electron chi connectivity index (χ4n) is 4.01. The van der Waals surface area contributed by atoms with Gasteiger partial charge in [-0.25, -0.2) is 0 Å². The molecule has 3 aromatic rings. The van der Waals surface area contributed by atoms with E-state index in [0.717, 1.165) is 16.7 Å². The summed E-state index contributed by atoms with van der Waals surface area (Å²) in [6, 6.07) is 28.2. The lowest BCUT2D eigenvalue weighted by Crippen LogP contribution is -2.48. The van der Waals surface area contributed by atoms with E-state index in [-0.39, 0.29) is 23.9 Å². The van der Waals surface area contributed by atoms with E-state index in [2.05, 4.69) is 36.4 Å². The first-order valence-electron chi connectivity index (χ1n) is 12.0. The molecule has 0 aliphatic carbocycles. The van der Waals surface area contributed by atoms with Gasteiger partial charge in [0.2, 0.25) is 4.75 Å². The van der Waals surface area contributed by atoms with E-state index < -0.39 is 44.3 Å². The Hall–Kier alpha value is -2.49. The molecular formula is C29H36ClN2O4S2+. The third-order valence-electron chi connectivity index (χ3n) is 5.63. The van der Waals surface area contributed by atoms with Gasteiger partial charge in [-0.05, 0) is 20.8 Å². The molecule has 0 aliphatic rings. The van der Waals surface area contributed by atoms with Crippen molar-refractivity contribution in [2.45, 2.75) is 43.2 Å². The van der Waals surface area contributed by atoms with Gasteiger partial charge in [0.1, 0.15) is 23.4 Å². The Morgan fingerprint density at radius 2 is 1.21 bits per heavy atom. The number of benzene rings is 3. The molecule has 0 aromatic heterocycles. The third-order valence-corrected chi connectivity index (χ3v) is 10.9. The lowest BCUT2D eigenvalue weighted by Gasteiger charge is -2.35. The van der Waals surface area contributed by atoms with Crippen molar-refractivity contribution in [3.8, 4) is 0 Å². The topological polar surface area (TPSA) is 116 Å². The third kappa shape index (κ3) is 7.77. The molecule has 3 atom stereocenters. The van der Waals surface area contributed by atoms with Crippen molar-refractivity contribution in [3.63, 3.8) is 0 Å². The Labute approximate surface area is 237 Å². The standard InChI is InChI=1S/C29H34N2O4S2.ClH/c1-28(2,3)35-27(34)25(31)20-37(36-19-24(30)26(32)33)29(21-13-7-4-8-14-21,22-15-9-5-10-16-22)23-17-11-6-12-18-23;/h4-18,24-25H,19-20,30-31H2,1-3H3;1H/p+1/t24-,25-,37?;/m0./s1. The minimum Gasteiger partial charge on any atom is -0.480 e. The minimum atomic E-state index is -1.07. The number of esters is 1. The normalized spacial score (nSPS) is 14.0. The van der Waals surface area contributed by atoms with E-state index in [1.807, 2.05) is 54.6 Å². The fraction of sp³-hybridized carbons (Fsp3) is 0.310. The van der Waals surface area contributed by atoms with E-state index in [9.17, 15) is 14.7 Å². The van der Waals surface area contributed by atoms with Crippen molar-refractivity contribution >= 4 is 45.1 Å². The molecule has 38 heavy (non-hydrogen) atoms. The van der Waals surface area contributed by atoms with E-state index in [4.69, 9.17) is 16.2 Å². The number of aliphatic carboxylic acids is 1. The van der Waals surface area contributed by atoms with E-state index in [1.165, 1.54) is 10.8 Å². The van der Waals surface area contributed by atoms with Gasteiger partial charge in [-0.3, -0.25) is 9.59 Å². The summed E-state index contributed by atoms with van der Waals surface area (Å²) in [5.74, 6) is -1.13. The quantitative estimate of drug-likeness (QED) is 0.131. The molecule has 0 fully saturated rings. The number of hydrogen-bond donors (Lipinski definition) is 3. The van der Waals surface area contributed by atoms with E-state index >= 15 is 0 Å². The Bertz CT molecular complexity index is 1060. The predicted octanol–water partition coefficient (Wildman–Crippen LogP) is 4.75. The van der Waals surface area contributed by atoms with Crippen LogP contribution >= 0.6 is 23.2 Å². The molecule has 0 saturated carbocycles. The maximum Gasteiger partial charge on any atom is 0.328 e. The number of carboxylic acids is 1.